The molecule has 0 rings (SSSR count). The fraction of sp³-hybridized carbons (Fsp3) is 0.857. The van der Waals surface area contributed by atoms with E-state index < -0.39 is 17.5 Å². The highest BCUT2D eigenvalue weighted by Gasteiger charge is 2.39. The zero-order chi connectivity index (χ0) is 10.7. The standard InChI is InChI=1S/C7H12F3NO2/c1-6(2,4-12)3-11-5(13)7(8,9)10/h12H,3-4H2,1-2H3,(H,11,13). The van der Waals surface area contributed by atoms with Gasteiger partial charge in [0.05, 0.1) is 0 Å². The molecule has 78 valence electrons. The molecule has 1 amide bonds. The molecule has 6 heteroatoms. The van der Waals surface area contributed by atoms with Crippen LogP contribution in [0.2, 0.25) is 0 Å². The molecule has 2 N–H and O–H groups in total. The number of amides is 1. The average Bonchev–Trinajstić information content (AvgIpc) is 1.98. The molecule has 0 atom stereocenters. The van der Waals surface area contributed by atoms with Crippen LogP contribution in [0.25, 0.3) is 0 Å². The van der Waals surface area contributed by atoms with Crippen molar-refractivity contribution in [3.05, 3.63) is 0 Å². The van der Waals surface area contributed by atoms with Crippen molar-refractivity contribution in [1.82, 2.24) is 5.32 Å². The van der Waals surface area contributed by atoms with Crippen LogP contribution in [0.3, 0.4) is 0 Å². The van der Waals surface area contributed by atoms with Crippen molar-refractivity contribution < 1.29 is 23.1 Å². The summed E-state index contributed by atoms with van der Waals surface area (Å²) in [5.74, 6) is -1.98. The highest BCUT2D eigenvalue weighted by molar-refractivity contribution is 5.81. The predicted octanol–water partition coefficient (Wildman–Crippen LogP) is 0.683. The molecule has 0 saturated heterocycles. The normalized spacial score (nSPS) is 12.8. The molecule has 0 bridgehead atoms. The molecular formula is C7H12F3NO2. The van der Waals surface area contributed by atoms with Crippen LogP contribution in [0.15, 0.2) is 0 Å². The summed E-state index contributed by atoms with van der Waals surface area (Å²) >= 11 is 0. The number of hydrogen-bond donors (Lipinski definition) is 2. The Bertz CT molecular complexity index is 189. The summed E-state index contributed by atoms with van der Waals surface area (Å²) < 4.78 is 35.0. The van der Waals surface area contributed by atoms with Gasteiger partial charge in [0.25, 0.3) is 0 Å². The monoisotopic (exact) mass is 199 g/mol. The quantitative estimate of drug-likeness (QED) is 0.702. The molecule has 0 radical (unpaired) electrons. The summed E-state index contributed by atoms with van der Waals surface area (Å²) in [4.78, 5) is 10.3. The Morgan fingerprint density at radius 3 is 2.15 bits per heavy atom. The van der Waals surface area contributed by atoms with Crippen LogP contribution < -0.4 is 5.32 Å². The van der Waals surface area contributed by atoms with E-state index in [1.807, 2.05) is 0 Å². The molecule has 0 aromatic rings. The van der Waals surface area contributed by atoms with Crippen molar-refractivity contribution in [2.75, 3.05) is 13.2 Å². The molecule has 3 nitrogen and oxygen atoms in total. The molecule has 0 aromatic heterocycles. The zero-order valence-corrected chi connectivity index (χ0v) is 7.40. The fourth-order valence-electron chi connectivity index (χ4n) is 0.476. The van der Waals surface area contributed by atoms with Crippen LogP contribution in [0.5, 0.6) is 0 Å². The summed E-state index contributed by atoms with van der Waals surface area (Å²) in [6.07, 6.45) is -4.86. The van der Waals surface area contributed by atoms with Crippen molar-refractivity contribution in [1.29, 1.82) is 0 Å². The second kappa shape index (κ2) is 3.95. The molecule has 0 aliphatic rings. The van der Waals surface area contributed by atoms with Gasteiger partial charge >= 0.3 is 12.1 Å². The molecule has 0 spiro atoms. The largest absolute Gasteiger partial charge is 0.471 e. The molecule has 0 fully saturated rings. The summed E-state index contributed by atoms with van der Waals surface area (Å²) in [6.45, 7) is 2.60. The van der Waals surface area contributed by atoms with E-state index >= 15 is 0 Å². The number of nitrogens with one attached hydrogen (secondary N) is 1. The van der Waals surface area contributed by atoms with E-state index in [0.29, 0.717) is 0 Å². The number of alkyl halides is 3. The maximum Gasteiger partial charge on any atom is 0.471 e. The van der Waals surface area contributed by atoms with E-state index in [9.17, 15) is 18.0 Å². The van der Waals surface area contributed by atoms with Gasteiger partial charge in [0.1, 0.15) is 0 Å². The Morgan fingerprint density at radius 2 is 1.85 bits per heavy atom. The maximum absolute atomic E-state index is 11.7. The third kappa shape index (κ3) is 4.72. The minimum absolute atomic E-state index is 0.207. The first-order valence-corrected chi connectivity index (χ1v) is 3.65. The van der Waals surface area contributed by atoms with Gasteiger partial charge in [-0.15, -0.1) is 0 Å². The Balaban J connectivity index is 3.98. The highest BCUT2D eigenvalue weighted by Crippen LogP contribution is 2.16. The number of carbonyl (C=O) groups excluding carboxylic acids is 1. The van der Waals surface area contributed by atoms with E-state index in [-0.39, 0.29) is 13.2 Å². The Kier molecular flexibility index (Phi) is 3.71. The van der Waals surface area contributed by atoms with Gasteiger partial charge < -0.3 is 10.4 Å². The fourth-order valence-corrected chi connectivity index (χ4v) is 0.476. The Labute approximate surface area is 73.9 Å². The lowest BCUT2D eigenvalue weighted by molar-refractivity contribution is -0.174. The van der Waals surface area contributed by atoms with Crippen molar-refractivity contribution >= 4 is 5.91 Å². The maximum atomic E-state index is 11.7. The lowest BCUT2D eigenvalue weighted by Gasteiger charge is -2.22. The minimum Gasteiger partial charge on any atom is -0.396 e. The van der Waals surface area contributed by atoms with Gasteiger partial charge in [-0.05, 0) is 0 Å². The smallest absolute Gasteiger partial charge is 0.396 e. The van der Waals surface area contributed by atoms with E-state index in [0.717, 1.165) is 0 Å². The van der Waals surface area contributed by atoms with E-state index in [4.69, 9.17) is 5.11 Å². The van der Waals surface area contributed by atoms with Gasteiger partial charge in [-0.2, -0.15) is 13.2 Å². The van der Waals surface area contributed by atoms with Gasteiger partial charge in [-0.3, -0.25) is 4.79 Å². The van der Waals surface area contributed by atoms with Crippen LogP contribution in [-0.2, 0) is 4.79 Å². The lowest BCUT2D eigenvalue weighted by atomic mass is 9.95. The van der Waals surface area contributed by atoms with Crippen molar-refractivity contribution in [3.63, 3.8) is 0 Å². The number of hydrogen-bond acceptors (Lipinski definition) is 2. The van der Waals surface area contributed by atoms with Gasteiger partial charge in [0, 0.05) is 18.6 Å². The summed E-state index contributed by atoms with van der Waals surface area (Å²) in [5.41, 5.74) is -0.735. The third-order valence-electron chi connectivity index (χ3n) is 1.41. The lowest BCUT2D eigenvalue weighted by Crippen LogP contribution is -2.42. The predicted molar refractivity (Wildman–Crippen MR) is 39.9 cm³/mol. The first-order valence-electron chi connectivity index (χ1n) is 3.65. The minimum atomic E-state index is -4.86. The van der Waals surface area contributed by atoms with Gasteiger partial charge in [-0.25, -0.2) is 0 Å². The molecule has 0 aromatic carbocycles. The number of aliphatic hydroxyl groups excluding tert-OH is 1. The SMILES string of the molecule is CC(C)(CO)CNC(=O)C(F)(F)F. The topological polar surface area (TPSA) is 49.3 Å². The van der Waals surface area contributed by atoms with Crippen LogP contribution >= 0.6 is 0 Å². The summed E-state index contributed by atoms with van der Waals surface area (Å²) in [6, 6.07) is 0. The van der Waals surface area contributed by atoms with Crippen LogP contribution in [0.4, 0.5) is 13.2 Å². The van der Waals surface area contributed by atoms with Gasteiger partial charge in [-0.1, -0.05) is 13.8 Å². The van der Waals surface area contributed by atoms with Crippen molar-refractivity contribution in [3.8, 4) is 0 Å². The highest BCUT2D eigenvalue weighted by atomic mass is 19.4. The van der Waals surface area contributed by atoms with E-state index in [2.05, 4.69) is 0 Å². The van der Waals surface area contributed by atoms with Crippen molar-refractivity contribution in [2.45, 2.75) is 20.0 Å². The number of carbonyl (C=O) groups is 1. The van der Waals surface area contributed by atoms with Crippen LogP contribution in [0, 0.1) is 5.41 Å². The molecule has 0 saturated carbocycles. The second-order valence-corrected chi connectivity index (χ2v) is 3.50. The van der Waals surface area contributed by atoms with Gasteiger partial charge in [0.2, 0.25) is 0 Å². The van der Waals surface area contributed by atoms with E-state index in [1.54, 1.807) is 19.2 Å². The van der Waals surface area contributed by atoms with Crippen LogP contribution in [-0.4, -0.2) is 30.3 Å². The van der Waals surface area contributed by atoms with Crippen molar-refractivity contribution in [2.24, 2.45) is 5.41 Å². The molecular weight excluding hydrogens is 187 g/mol. The number of rotatable bonds is 3. The molecule has 0 heterocycles. The second-order valence-electron chi connectivity index (χ2n) is 3.50. The Morgan fingerprint density at radius 1 is 1.38 bits per heavy atom. The third-order valence-corrected chi connectivity index (χ3v) is 1.41. The zero-order valence-electron chi connectivity index (χ0n) is 7.40. The summed E-state index contributed by atoms with van der Waals surface area (Å²) in [5, 5.41) is 10.4. The first-order chi connectivity index (χ1) is 5.69. The average molecular weight is 199 g/mol. The summed E-state index contributed by atoms with van der Waals surface area (Å²) in [7, 11) is 0. The number of halogens is 3. The molecule has 0 aliphatic carbocycles. The first kappa shape index (κ1) is 12.2. The Hall–Kier alpha value is -0.780. The number of aliphatic hydroxyl groups is 1. The van der Waals surface area contributed by atoms with E-state index in [1.165, 1.54) is 0 Å². The molecule has 0 aliphatic heterocycles. The van der Waals surface area contributed by atoms with Gasteiger partial charge in [0.15, 0.2) is 0 Å². The van der Waals surface area contributed by atoms with Crippen LogP contribution in [0.1, 0.15) is 13.8 Å². The molecule has 13 heavy (non-hydrogen) atoms. The molecule has 0 unspecified atom stereocenters.